The van der Waals surface area contributed by atoms with Gasteiger partial charge in [0.2, 0.25) is 0 Å². The van der Waals surface area contributed by atoms with E-state index >= 15 is 0 Å². The van der Waals surface area contributed by atoms with Gasteiger partial charge >= 0.3 is 0 Å². The van der Waals surface area contributed by atoms with Crippen molar-refractivity contribution in [3.63, 3.8) is 0 Å². The van der Waals surface area contributed by atoms with Crippen LogP contribution in [0, 0.1) is 5.92 Å². The predicted molar refractivity (Wildman–Crippen MR) is 62.6 cm³/mol. The molecule has 0 saturated carbocycles. The van der Waals surface area contributed by atoms with E-state index in [0.29, 0.717) is 12.0 Å². The predicted octanol–water partition coefficient (Wildman–Crippen LogP) is 2.54. The van der Waals surface area contributed by atoms with Crippen LogP contribution in [-0.2, 0) is 0 Å². The lowest BCUT2D eigenvalue weighted by atomic mass is 9.92. The van der Waals surface area contributed by atoms with Crippen molar-refractivity contribution in [3.8, 4) is 0 Å². The molecular weight excluding hydrogens is 172 g/mol. The number of allylic oxidation sites excluding steroid dienone is 3. The molecule has 78 valence electrons. The zero-order valence-corrected chi connectivity index (χ0v) is 9.54. The van der Waals surface area contributed by atoms with Gasteiger partial charge in [-0.05, 0) is 37.8 Å². The van der Waals surface area contributed by atoms with Gasteiger partial charge in [-0.1, -0.05) is 13.0 Å². The number of nitrogens with one attached hydrogen (secondary N) is 1. The quantitative estimate of drug-likeness (QED) is 0.683. The summed E-state index contributed by atoms with van der Waals surface area (Å²) in [4.78, 5) is 4.44. The maximum Gasteiger partial charge on any atom is 0.0443 e. The summed E-state index contributed by atoms with van der Waals surface area (Å²) in [5.74, 6) is 0.574. The fourth-order valence-electron chi connectivity index (χ4n) is 1.53. The van der Waals surface area contributed by atoms with E-state index in [1.165, 1.54) is 11.3 Å². The maximum absolute atomic E-state index is 4.44. The molecule has 0 spiro atoms. The van der Waals surface area contributed by atoms with Gasteiger partial charge in [-0.25, -0.2) is 0 Å². The van der Waals surface area contributed by atoms with E-state index in [0.717, 1.165) is 6.42 Å². The molecule has 0 aromatic heterocycles. The molecule has 1 aliphatic rings. The summed E-state index contributed by atoms with van der Waals surface area (Å²) in [5.41, 5.74) is 2.52. The molecule has 0 aromatic carbocycles. The van der Waals surface area contributed by atoms with E-state index in [4.69, 9.17) is 0 Å². The van der Waals surface area contributed by atoms with Gasteiger partial charge in [-0.3, -0.25) is 4.99 Å². The maximum atomic E-state index is 4.44. The van der Waals surface area contributed by atoms with Crippen molar-refractivity contribution in [3.05, 3.63) is 23.4 Å². The normalized spacial score (nSPS) is 22.5. The van der Waals surface area contributed by atoms with E-state index in [1.54, 1.807) is 0 Å². The fraction of sp³-hybridized carbons (Fsp3) is 0.583. The van der Waals surface area contributed by atoms with Crippen molar-refractivity contribution in [1.29, 1.82) is 0 Å². The molecule has 1 N–H and O–H groups in total. The molecule has 2 heteroatoms. The number of aliphatic imine (C=N–C) groups is 1. The highest BCUT2D eigenvalue weighted by atomic mass is 14.8. The molecule has 0 radical (unpaired) electrons. The highest BCUT2D eigenvalue weighted by Crippen LogP contribution is 2.22. The summed E-state index contributed by atoms with van der Waals surface area (Å²) in [6, 6.07) is 0.374. The first-order valence-corrected chi connectivity index (χ1v) is 5.26. The first-order valence-electron chi connectivity index (χ1n) is 5.26. The van der Waals surface area contributed by atoms with Crippen LogP contribution >= 0.6 is 0 Å². The molecule has 0 heterocycles. The molecule has 0 fully saturated rings. The topological polar surface area (TPSA) is 24.4 Å². The van der Waals surface area contributed by atoms with Crippen LogP contribution in [0.2, 0.25) is 0 Å². The third kappa shape index (κ3) is 2.72. The molecule has 2 nitrogen and oxygen atoms in total. The van der Waals surface area contributed by atoms with Crippen LogP contribution in [0.3, 0.4) is 0 Å². The Labute approximate surface area is 86.8 Å². The highest BCUT2D eigenvalue weighted by molar-refractivity contribution is 5.81. The molecule has 0 saturated heterocycles. The van der Waals surface area contributed by atoms with E-state index < -0.39 is 0 Å². The minimum Gasteiger partial charge on any atom is -0.388 e. The van der Waals surface area contributed by atoms with Crippen molar-refractivity contribution < 1.29 is 0 Å². The van der Waals surface area contributed by atoms with Crippen LogP contribution in [0.1, 0.15) is 27.2 Å². The van der Waals surface area contributed by atoms with Crippen LogP contribution < -0.4 is 5.32 Å². The second kappa shape index (κ2) is 4.99. The Morgan fingerprint density at radius 2 is 2.29 bits per heavy atom. The molecular formula is C12H20N2. The molecule has 0 bridgehead atoms. The van der Waals surface area contributed by atoms with Crippen LogP contribution in [-0.4, -0.2) is 19.3 Å². The SMILES string of the molecule is CNC1=C(C=NC(C)C)C(C)CC=C1. The number of nitrogens with zero attached hydrogens (tertiary/aromatic N) is 1. The second-order valence-corrected chi connectivity index (χ2v) is 4.03. The lowest BCUT2D eigenvalue weighted by Crippen LogP contribution is -2.16. The standard InChI is InChI=1S/C12H20N2/c1-9(2)14-8-11-10(3)6-5-7-12(11)13-4/h5,7-10,13H,6H2,1-4H3. The minimum atomic E-state index is 0.374. The van der Waals surface area contributed by atoms with E-state index in [1.807, 2.05) is 13.3 Å². The Hall–Kier alpha value is -1.05. The zero-order valence-electron chi connectivity index (χ0n) is 9.54. The second-order valence-electron chi connectivity index (χ2n) is 4.03. The minimum absolute atomic E-state index is 0.374. The smallest absolute Gasteiger partial charge is 0.0443 e. The van der Waals surface area contributed by atoms with Crippen LogP contribution in [0.5, 0.6) is 0 Å². The Bertz CT molecular complexity index is 272. The monoisotopic (exact) mass is 192 g/mol. The molecule has 0 amide bonds. The van der Waals surface area contributed by atoms with Gasteiger partial charge < -0.3 is 5.32 Å². The molecule has 1 aliphatic carbocycles. The van der Waals surface area contributed by atoms with Crippen LogP contribution in [0.4, 0.5) is 0 Å². The van der Waals surface area contributed by atoms with Gasteiger partial charge in [-0.15, -0.1) is 0 Å². The summed E-state index contributed by atoms with van der Waals surface area (Å²) in [6.07, 6.45) is 7.49. The van der Waals surface area contributed by atoms with Gasteiger partial charge in [0.25, 0.3) is 0 Å². The summed E-state index contributed by atoms with van der Waals surface area (Å²) in [5, 5.41) is 3.21. The van der Waals surface area contributed by atoms with E-state index in [9.17, 15) is 0 Å². The Morgan fingerprint density at radius 3 is 2.86 bits per heavy atom. The zero-order chi connectivity index (χ0) is 10.6. The van der Waals surface area contributed by atoms with Crippen LogP contribution in [0.25, 0.3) is 0 Å². The summed E-state index contributed by atoms with van der Waals surface area (Å²) < 4.78 is 0. The molecule has 0 aromatic rings. The van der Waals surface area contributed by atoms with Gasteiger partial charge in [0.05, 0.1) is 0 Å². The lowest BCUT2D eigenvalue weighted by Gasteiger charge is -2.19. The summed E-state index contributed by atoms with van der Waals surface area (Å²) >= 11 is 0. The number of likely N-dealkylation sites (N-methyl/N-ethyl adjacent to an activating group) is 1. The van der Waals surface area contributed by atoms with Crippen LogP contribution in [0.15, 0.2) is 28.4 Å². The van der Waals surface area contributed by atoms with Crippen molar-refractivity contribution in [2.45, 2.75) is 33.2 Å². The van der Waals surface area contributed by atoms with E-state index in [2.05, 4.69) is 43.2 Å². The van der Waals surface area contributed by atoms with Crippen molar-refractivity contribution in [1.82, 2.24) is 5.32 Å². The van der Waals surface area contributed by atoms with Crippen molar-refractivity contribution in [2.75, 3.05) is 7.05 Å². The van der Waals surface area contributed by atoms with Gasteiger partial charge in [-0.2, -0.15) is 0 Å². The summed E-state index contributed by atoms with van der Waals surface area (Å²) in [7, 11) is 1.96. The Morgan fingerprint density at radius 1 is 1.57 bits per heavy atom. The Balaban J connectivity index is 2.88. The highest BCUT2D eigenvalue weighted by Gasteiger charge is 2.13. The van der Waals surface area contributed by atoms with E-state index in [-0.39, 0.29) is 0 Å². The van der Waals surface area contributed by atoms with Gasteiger partial charge in [0.1, 0.15) is 0 Å². The Kier molecular flexibility index (Phi) is 3.93. The first kappa shape index (κ1) is 11.0. The van der Waals surface area contributed by atoms with Crippen molar-refractivity contribution >= 4 is 6.21 Å². The van der Waals surface area contributed by atoms with Gasteiger partial charge in [0, 0.05) is 25.0 Å². The molecule has 1 rings (SSSR count). The molecule has 0 aliphatic heterocycles. The van der Waals surface area contributed by atoms with Gasteiger partial charge in [0.15, 0.2) is 0 Å². The fourth-order valence-corrected chi connectivity index (χ4v) is 1.53. The third-order valence-corrected chi connectivity index (χ3v) is 2.40. The number of hydrogen-bond donors (Lipinski definition) is 1. The number of rotatable bonds is 3. The average Bonchev–Trinajstić information content (AvgIpc) is 2.15. The number of hydrogen-bond acceptors (Lipinski definition) is 2. The largest absolute Gasteiger partial charge is 0.388 e. The third-order valence-electron chi connectivity index (χ3n) is 2.40. The molecule has 14 heavy (non-hydrogen) atoms. The van der Waals surface area contributed by atoms with Crippen molar-refractivity contribution in [2.24, 2.45) is 10.9 Å². The molecule has 1 unspecified atom stereocenters. The first-order chi connectivity index (χ1) is 6.65. The average molecular weight is 192 g/mol. The molecule has 1 atom stereocenters. The lowest BCUT2D eigenvalue weighted by molar-refractivity contribution is 0.694. The summed E-state index contributed by atoms with van der Waals surface area (Å²) in [6.45, 7) is 6.43.